The molecule has 1 atom stereocenters. The van der Waals surface area contributed by atoms with E-state index in [0.717, 1.165) is 6.07 Å². The zero-order chi connectivity index (χ0) is 11.6. The molecular weight excluding hydrogens is 275 g/mol. The molecule has 1 rings (SSSR count). The number of hydrogen-bond donors (Lipinski definition) is 0. The Morgan fingerprint density at radius 2 is 2.13 bits per heavy atom. The zero-order valence-electron chi connectivity index (χ0n) is 7.68. The second-order valence-electron chi connectivity index (χ2n) is 3.01. The molecular formula is C9H7BrF3NO. The lowest BCUT2D eigenvalue weighted by Gasteiger charge is -2.13. The number of rotatable bonds is 2. The van der Waals surface area contributed by atoms with Crippen molar-refractivity contribution in [1.82, 2.24) is 4.98 Å². The molecule has 0 aliphatic rings. The third-order valence-electron chi connectivity index (χ3n) is 1.83. The number of hydrogen-bond acceptors (Lipinski definition) is 2. The van der Waals surface area contributed by atoms with E-state index in [4.69, 9.17) is 0 Å². The minimum Gasteiger partial charge on any atom is -0.303 e. The van der Waals surface area contributed by atoms with Crippen LogP contribution in [0.1, 0.15) is 24.1 Å². The van der Waals surface area contributed by atoms with Crippen molar-refractivity contribution >= 4 is 22.2 Å². The molecule has 0 amide bonds. The average Bonchev–Trinajstić information content (AvgIpc) is 2.15. The molecule has 0 aliphatic carbocycles. The van der Waals surface area contributed by atoms with Gasteiger partial charge in [-0.2, -0.15) is 13.2 Å². The topological polar surface area (TPSA) is 30.0 Å². The van der Waals surface area contributed by atoms with Gasteiger partial charge in [0.25, 0.3) is 0 Å². The first kappa shape index (κ1) is 12.2. The van der Waals surface area contributed by atoms with Crippen LogP contribution >= 0.6 is 15.9 Å². The molecule has 0 bridgehead atoms. The maximum absolute atomic E-state index is 12.5. The molecule has 0 N–H and O–H groups in total. The summed E-state index contributed by atoms with van der Waals surface area (Å²) < 4.78 is 37.9. The van der Waals surface area contributed by atoms with Crippen LogP contribution in [0, 0.1) is 0 Å². The lowest BCUT2D eigenvalue weighted by Crippen LogP contribution is -2.13. The second-order valence-corrected chi connectivity index (χ2v) is 3.92. The van der Waals surface area contributed by atoms with Crippen molar-refractivity contribution in [3.05, 3.63) is 28.0 Å². The maximum atomic E-state index is 12.5. The highest BCUT2D eigenvalue weighted by Crippen LogP contribution is 2.35. The fourth-order valence-corrected chi connectivity index (χ4v) is 1.44. The zero-order valence-corrected chi connectivity index (χ0v) is 9.26. The highest BCUT2D eigenvalue weighted by Gasteiger charge is 2.35. The van der Waals surface area contributed by atoms with Crippen molar-refractivity contribution < 1.29 is 18.0 Å². The molecule has 1 unspecified atom stereocenters. The molecule has 2 nitrogen and oxygen atoms in total. The summed E-state index contributed by atoms with van der Waals surface area (Å²) >= 11 is 2.91. The average molecular weight is 282 g/mol. The summed E-state index contributed by atoms with van der Waals surface area (Å²) in [6, 6.07) is 0.919. The van der Waals surface area contributed by atoms with Gasteiger partial charge in [0, 0.05) is 10.7 Å². The van der Waals surface area contributed by atoms with Gasteiger partial charge in [-0.15, -0.1) is 0 Å². The first-order chi connectivity index (χ1) is 6.86. The minimum absolute atomic E-state index is 0.233. The molecule has 0 radical (unpaired) electrons. The molecule has 82 valence electrons. The molecule has 6 heteroatoms. The quantitative estimate of drug-likeness (QED) is 0.780. The van der Waals surface area contributed by atoms with E-state index >= 15 is 0 Å². The highest BCUT2D eigenvalue weighted by atomic mass is 79.9. The summed E-state index contributed by atoms with van der Waals surface area (Å²) in [4.78, 5) is 14.1. The summed E-state index contributed by atoms with van der Waals surface area (Å²) in [6.45, 7) is 1.37. The van der Waals surface area contributed by atoms with E-state index in [-0.39, 0.29) is 10.2 Å². The Labute approximate surface area is 92.6 Å². The molecule has 1 aromatic rings. The largest absolute Gasteiger partial charge is 0.418 e. The van der Waals surface area contributed by atoms with E-state index in [9.17, 15) is 18.0 Å². The molecule has 0 fully saturated rings. The number of carbonyl (C=O) groups excluding carboxylic acids is 1. The van der Waals surface area contributed by atoms with Gasteiger partial charge >= 0.3 is 6.18 Å². The van der Waals surface area contributed by atoms with Crippen LogP contribution < -0.4 is 0 Å². The molecule has 0 aromatic carbocycles. The van der Waals surface area contributed by atoms with Crippen LogP contribution in [0.15, 0.2) is 16.7 Å². The van der Waals surface area contributed by atoms with E-state index in [1.807, 2.05) is 0 Å². The Balaban J connectivity index is 3.33. The Morgan fingerprint density at radius 1 is 1.53 bits per heavy atom. The maximum Gasteiger partial charge on any atom is 0.418 e. The SMILES string of the molecule is CC(C=O)c1ncc(Br)cc1C(F)(F)F. The number of halogens is 4. The second kappa shape index (κ2) is 4.30. The minimum atomic E-state index is -4.50. The van der Waals surface area contributed by atoms with Crippen molar-refractivity contribution in [1.29, 1.82) is 0 Å². The van der Waals surface area contributed by atoms with Crippen LogP contribution in [-0.4, -0.2) is 11.3 Å². The first-order valence-electron chi connectivity index (χ1n) is 4.04. The Bertz CT molecular complexity index is 378. The van der Waals surface area contributed by atoms with Crippen LogP contribution in [0.25, 0.3) is 0 Å². The predicted octanol–water partition coefficient (Wildman–Crippen LogP) is 3.17. The number of nitrogens with zero attached hydrogens (tertiary/aromatic N) is 1. The number of pyridine rings is 1. The smallest absolute Gasteiger partial charge is 0.303 e. The van der Waals surface area contributed by atoms with E-state index in [0.29, 0.717) is 6.29 Å². The van der Waals surface area contributed by atoms with Crippen molar-refractivity contribution in [2.24, 2.45) is 0 Å². The monoisotopic (exact) mass is 281 g/mol. The summed E-state index contributed by atoms with van der Waals surface area (Å²) in [5, 5.41) is 0. The van der Waals surface area contributed by atoms with Crippen LogP contribution in [-0.2, 0) is 11.0 Å². The number of carbonyl (C=O) groups is 1. The van der Waals surface area contributed by atoms with Gasteiger partial charge in [0.1, 0.15) is 6.29 Å². The first-order valence-corrected chi connectivity index (χ1v) is 4.83. The predicted molar refractivity (Wildman–Crippen MR) is 51.4 cm³/mol. The van der Waals surface area contributed by atoms with Crippen LogP contribution in [0.2, 0.25) is 0 Å². The van der Waals surface area contributed by atoms with Gasteiger partial charge in [0.2, 0.25) is 0 Å². The molecule has 0 saturated heterocycles. The van der Waals surface area contributed by atoms with Gasteiger partial charge in [-0.1, -0.05) is 6.92 Å². The Hall–Kier alpha value is -0.910. The summed E-state index contributed by atoms with van der Waals surface area (Å²) in [5.74, 6) is -0.866. The third-order valence-corrected chi connectivity index (χ3v) is 2.26. The lowest BCUT2D eigenvalue weighted by atomic mass is 10.0. The van der Waals surface area contributed by atoms with Gasteiger partial charge in [0.05, 0.1) is 17.2 Å². The molecule has 0 aliphatic heterocycles. The normalized spacial score (nSPS) is 13.7. The van der Waals surface area contributed by atoms with Crippen LogP contribution in [0.4, 0.5) is 13.2 Å². The summed E-state index contributed by atoms with van der Waals surface area (Å²) in [6.07, 6.45) is -2.82. The van der Waals surface area contributed by atoms with Crippen molar-refractivity contribution in [3.63, 3.8) is 0 Å². The van der Waals surface area contributed by atoms with Crippen LogP contribution in [0.3, 0.4) is 0 Å². The van der Waals surface area contributed by atoms with Gasteiger partial charge in [-0.25, -0.2) is 0 Å². The lowest BCUT2D eigenvalue weighted by molar-refractivity contribution is -0.138. The van der Waals surface area contributed by atoms with Crippen LogP contribution in [0.5, 0.6) is 0 Å². The molecule has 1 heterocycles. The number of aldehydes is 1. The van der Waals surface area contributed by atoms with Gasteiger partial charge < -0.3 is 4.79 Å². The summed E-state index contributed by atoms with van der Waals surface area (Å²) in [5.41, 5.74) is -1.13. The van der Waals surface area contributed by atoms with E-state index < -0.39 is 17.7 Å². The Morgan fingerprint density at radius 3 is 2.60 bits per heavy atom. The number of alkyl halides is 3. The molecule has 0 spiro atoms. The third kappa shape index (κ3) is 2.77. The Kier molecular flexibility index (Phi) is 3.49. The van der Waals surface area contributed by atoms with Gasteiger partial charge in [0.15, 0.2) is 0 Å². The number of aromatic nitrogens is 1. The molecule has 1 aromatic heterocycles. The highest BCUT2D eigenvalue weighted by molar-refractivity contribution is 9.10. The van der Waals surface area contributed by atoms with Gasteiger partial charge in [-0.05, 0) is 22.0 Å². The van der Waals surface area contributed by atoms with E-state index in [1.165, 1.54) is 13.1 Å². The van der Waals surface area contributed by atoms with E-state index in [2.05, 4.69) is 20.9 Å². The van der Waals surface area contributed by atoms with Gasteiger partial charge in [-0.3, -0.25) is 4.98 Å². The van der Waals surface area contributed by atoms with Crippen molar-refractivity contribution in [2.45, 2.75) is 19.0 Å². The molecule has 15 heavy (non-hydrogen) atoms. The molecule has 0 saturated carbocycles. The van der Waals surface area contributed by atoms with E-state index in [1.54, 1.807) is 0 Å². The fraction of sp³-hybridized carbons (Fsp3) is 0.333. The van der Waals surface area contributed by atoms with Crippen molar-refractivity contribution in [2.75, 3.05) is 0 Å². The summed E-state index contributed by atoms with van der Waals surface area (Å²) in [7, 11) is 0. The fourth-order valence-electron chi connectivity index (χ4n) is 1.10. The standard InChI is InChI=1S/C9H7BrF3NO/c1-5(4-15)8-7(9(11,12)13)2-6(10)3-14-8/h2-5H,1H3. The van der Waals surface area contributed by atoms with Crippen molar-refractivity contribution in [3.8, 4) is 0 Å².